The Labute approximate surface area is 74.5 Å². The molecule has 5 heteroatoms. The predicted octanol–water partition coefficient (Wildman–Crippen LogP) is 1.23. The molecule has 0 aliphatic heterocycles. The Morgan fingerprint density at radius 3 is 2.75 bits per heavy atom. The highest BCUT2D eigenvalue weighted by atomic mass is 35.5. The van der Waals surface area contributed by atoms with Gasteiger partial charge in [-0.2, -0.15) is 5.10 Å². The molecule has 0 unspecified atom stereocenters. The van der Waals surface area contributed by atoms with E-state index in [1.54, 1.807) is 13.0 Å². The Morgan fingerprint density at radius 1 is 1.58 bits per heavy atom. The largest absolute Gasteiger partial charge is 0.464 e. The summed E-state index contributed by atoms with van der Waals surface area (Å²) < 4.78 is 4.43. The van der Waals surface area contributed by atoms with Crippen LogP contribution in [-0.2, 0) is 4.74 Å². The highest BCUT2D eigenvalue weighted by molar-refractivity contribution is 6.33. The van der Waals surface area contributed by atoms with Crippen LogP contribution in [0.4, 0.5) is 0 Å². The molecule has 0 fully saturated rings. The standard InChI is InChI=1S/C7H7ClN2O2/c1-4-3-5(8)6(10-9-4)7(11)12-2/h3H,1-2H3. The number of halogens is 1. The Hall–Kier alpha value is -1.16. The van der Waals surface area contributed by atoms with Crippen molar-refractivity contribution in [2.75, 3.05) is 7.11 Å². The van der Waals surface area contributed by atoms with E-state index in [1.807, 2.05) is 0 Å². The fraction of sp³-hybridized carbons (Fsp3) is 0.286. The number of methoxy groups -OCH3 is 1. The quantitative estimate of drug-likeness (QED) is 0.619. The minimum absolute atomic E-state index is 0.0461. The lowest BCUT2D eigenvalue weighted by molar-refractivity contribution is 0.0593. The second-order valence-electron chi connectivity index (χ2n) is 2.17. The fourth-order valence-corrected chi connectivity index (χ4v) is 0.965. The molecule has 0 bridgehead atoms. The van der Waals surface area contributed by atoms with Crippen LogP contribution in [0.1, 0.15) is 16.2 Å². The van der Waals surface area contributed by atoms with Crippen molar-refractivity contribution in [2.24, 2.45) is 0 Å². The van der Waals surface area contributed by atoms with E-state index in [2.05, 4.69) is 14.9 Å². The molecule has 12 heavy (non-hydrogen) atoms. The molecule has 1 aromatic rings. The molecule has 0 spiro atoms. The fourth-order valence-electron chi connectivity index (χ4n) is 0.692. The summed E-state index contributed by atoms with van der Waals surface area (Å²) in [4.78, 5) is 10.9. The third kappa shape index (κ3) is 1.71. The van der Waals surface area contributed by atoms with Crippen molar-refractivity contribution < 1.29 is 9.53 Å². The monoisotopic (exact) mass is 186 g/mol. The van der Waals surface area contributed by atoms with Gasteiger partial charge in [0.1, 0.15) is 0 Å². The average Bonchev–Trinajstić information content (AvgIpc) is 2.03. The number of aromatic nitrogens is 2. The van der Waals surface area contributed by atoms with Crippen molar-refractivity contribution in [3.63, 3.8) is 0 Å². The Kier molecular flexibility index (Phi) is 2.60. The number of aryl methyl sites for hydroxylation is 1. The summed E-state index contributed by atoms with van der Waals surface area (Å²) in [6.07, 6.45) is 0. The number of hydrogen-bond acceptors (Lipinski definition) is 4. The maximum Gasteiger partial charge on any atom is 0.360 e. The Morgan fingerprint density at radius 2 is 2.25 bits per heavy atom. The summed E-state index contributed by atoms with van der Waals surface area (Å²) in [7, 11) is 1.26. The first-order valence-electron chi connectivity index (χ1n) is 3.23. The molecule has 1 heterocycles. The van der Waals surface area contributed by atoms with Gasteiger partial charge in [-0.05, 0) is 13.0 Å². The van der Waals surface area contributed by atoms with E-state index < -0.39 is 5.97 Å². The lowest BCUT2D eigenvalue weighted by Crippen LogP contribution is -2.06. The van der Waals surface area contributed by atoms with Crippen LogP contribution in [0.3, 0.4) is 0 Å². The molecule has 1 aromatic heterocycles. The smallest absolute Gasteiger partial charge is 0.360 e. The summed E-state index contributed by atoms with van der Waals surface area (Å²) >= 11 is 5.70. The van der Waals surface area contributed by atoms with Crippen LogP contribution >= 0.6 is 11.6 Å². The summed E-state index contributed by atoms with van der Waals surface area (Å²) in [6.45, 7) is 1.74. The van der Waals surface area contributed by atoms with Crippen LogP contribution in [0.25, 0.3) is 0 Å². The molecule has 0 aliphatic carbocycles. The van der Waals surface area contributed by atoms with Gasteiger partial charge in [0.2, 0.25) is 0 Å². The highest BCUT2D eigenvalue weighted by Gasteiger charge is 2.12. The zero-order valence-electron chi connectivity index (χ0n) is 6.67. The van der Waals surface area contributed by atoms with Crippen LogP contribution in [0.5, 0.6) is 0 Å². The average molecular weight is 187 g/mol. The number of ether oxygens (including phenoxy) is 1. The lowest BCUT2D eigenvalue weighted by Gasteiger charge is -1.99. The van der Waals surface area contributed by atoms with Crippen molar-refractivity contribution in [1.82, 2.24) is 10.2 Å². The molecule has 0 saturated carbocycles. The zero-order valence-corrected chi connectivity index (χ0v) is 7.42. The summed E-state index contributed by atoms with van der Waals surface area (Å²) in [5.41, 5.74) is 0.706. The summed E-state index contributed by atoms with van der Waals surface area (Å²) in [5, 5.41) is 7.52. The van der Waals surface area contributed by atoms with Crippen molar-refractivity contribution >= 4 is 17.6 Å². The van der Waals surface area contributed by atoms with Gasteiger partial charge in [0.05, 0.1) is 17.8 Å². The van der Waals surface area contributed by atoms with Crippen molar-refractivity contribution in [3.8, 4) is 0 Å². The molecule has 0 N–H and O–H groups in total. The van der Waals surface area contributed by atoms with Gasteiger partial charge in [-0.25, -0.2) is 4.79 Å². The zero-order chi connectivity index (χ0) is 9.14. The van der Waals surface area contributed by atoms with Gasteiger partial charge in [-0.1, -0.05) is 11.6 Å². The molecular formula is C7H7ClN2O2. The summed E-state index contributed by atoms with van der Waals surface area (Å²) in [5.74, 6) is -0.576. The van der Waals surface area contributed by atoms with E-state index in [0.717, 1.165) is 0 Å². The molecule has 4 nitrogen and oxygen atoms in total. The third-order valence-electron chi connectivity index (χ3n) is 1.25. The Bertz CT molecular complexity index is 314. The number of nitrogens with zero attached hydrogens (tertiary/aromatic N) is 2. The molecule has 1 rings (SSSR count). The van der Waals surface area contributed by atoms with Crippen molar-refractivity contribution in [2.45, 2.75) is 6.92 Å². The van der Waals surface area contributed by atoms with Gasteiger partial charge in [-0.15, -0.1) is 5.10 Å². The molecule has 64 valence electrons. The van der Waals surface area contributed by atoms with E-state index in [4.69, 9.17) is 11.6 Å². The van der Waals surface area contributed by atoms with Gasteiger partial charge in [-0.3, -0.25) is 0 Å². The number of carbonyl (C=O) groups excluding carboxylic acids is 1. The van der Waals surface area contributed by atoms with E-state index >= 15 is 0 Å². The van der Waals surface area contributed by atoms with Gasteiger partial charge in [0.25, 0.3) is 0 Å². The van der Waals surface area contributed by atoms with E-state index in [0.29, 0.717) is 5.69 Å². The molecule has 0 atom stereocenters. The number of hydrogen-bond donors (Lipinski definition) is 0. The molecule has 0 radical (unpaired) electrons. The first-order valence-corrected chi connectivity index (χ1v) is 3.61. The summed E-state index contributed by atoms with van der Waals surface area (Å²) in [6, 6.07) is 1.56. The number of rotatable bonds is 1. The van der Waals surface area contributed by atoms with E-state index in [-0.39, 0.29) is 10.7 Å². The highest BCUT2D eigenvalue weighted by Crippen LogP contribution is 2.13. The maximum atomic E-state index is 10.9. The second kappa shape index (κ2) is 3.49. The van der Waals surface area contributed by atoms with Crippen LogP contribution in [0, 0.1) is 6.92 Å². The number of esters is 1. The molecule has 0 amide bonds. The SMILES string of the molecule is COC(=O)c1nnc(C)cc1Cl. The van der Waals surface area contributed by atoms with Crippen molar-refractivity contribution in [1.29, 1.82) is 0 Å². The molecular weight excluding hydrogens is 180 g/mol. The van der Waals surface area contributed by atoms with Crippen LogP contribution < -0.4 is 0 Å². The van der Waals surface area contributed by atoms with Crippen LogP contribution in [-0.4, -0.2) is 23.3 Å². The topological polar surface area (TPSA) is 52.1 Å². The minimum atomic E-state index is -0.576. The molecule has 0 aliphatic rings. The Balaban J connectivity index is 3.09. The van der Waals surface area contributed by atoms with Crippen LogP contribution in [0.15, 0.2) is 6.07 Å². The third-order valence-corrected chi connectivity index (χ3v) is 1.54. The van der Waals surface area contributed by atoms with Gasteiger partial charge in [0, 0.05) is 0 Å². The van der Waals surface area contributed by atoms with Crippen LogP contribution in [0.2, 0.25) is 5.02 Å². The van der Waals surface area contributed by atoms with Gasteiger partial charge in [0.15, 0.2) is 5.69 Å². The normalized spacial score (nSPS) is 9.58. The van der Waals surface area contributed by atoms with Gasteiger partial charge >= 0.3 is 5.97 Å². The van der Waals surface area contributed by atoms with Gasteiger partial charge < -0.3 is 4.74 Å². The molecule has 0 saturated heterocycles. The minimum Gasteiger partial charge on any atom is -0.464 e. The van der Waals surface area contributed by atoms with E-state index in [9.17, 15) is 4.79 Å². The first-order chi connectivity index (χ1) is 5.65. The van der Waals surface area contributed by atoms with E-state index in [1.165, 1.54) is 7.11 Å². The maximum absolute atomic E-state index is 10.9. The van der Waals surface area contributed by atoms with Crippen molar-refractivity contribution in [3.05, 3.63) is 22.5 Å². The number of carbonyl (C=O) groups is 1. The predicted molar refractivity (Wildman–Crippen MR) is 43.1 cm³/mol. The second-order valence-corrected chi connectivity index (χ2v) is 2.58. The first kappa shape index (κ1) is 8.93. The molecule has 0 aromatic carbocycles. The lowest BCUT2D eigenvalue weighted by atomic mass is 10.3.